The maximum atomic E-state index is 13.9. The van der Waals surface area contributed by atoms with Gasteiger partial charge in [0.25, 0.3) is 0 Å². The maximum Gasteiger partial charge on any atom is 0.309 e. The van der Waals surface area contributed by atoms with E-state index >= 15 is 0 Å². The third-order valence-electron chi connectivity index (χ3n) is 9.83. The number of amides is 1. The topological polar surface area (TPSA) is 65.6 Å². The quantitative estimate of drug-likeness (QED) is 0.301. The Hall–Kier alpha value is -2.64. The number of benzene rings is 1. The first-order valence-corrected chi connectivity index (χ1v) is 16.4. The number of nitrogens with one attached hydrogen (secondary N) is 1. The first kappa shape index (κ1) is 28.5. The van der Waals surface area contributed by atoms with E-state index < -0.39 is 5.41 Å². The fraction of sp³-hybridized carbons (Fsp3) is 0.588. The summed E-state index contributed by atoms with van der Waals surface area (Å²) in [5, 5.41) is 1.26. The number of hydrogen-bond acceptors (Lipinski definition) is 5. The zero-order valence-electron chi connectivity index (χ0n) is 25.3. The molecule has 5 heterocycles. The van der Waals surface area contributed by atoms with Gasteiger partial charge in [0.1, 0.15) is 4.83 Å². The van der Waals surface area contributed by atoms with Crippen molar-refractivity contribution >= 4 is 33.4 Å². The number of rotatable bonds is 8. The zero-order valence-corrected chi connectivity index (χ0v) is 26.2. The lowest BCUT2D eigenvalue weighted by Gasteiger charge is -2.31. The van der Waals surface area contributed by atoms with E-state index in [9.17, 15) is 9.59 Å². The number of thiophene rings is 1. The second-order valence-electron chi connectivity index (χ2n) is 13.1. The SMILES string of the molecule is CCOC(=O)C1CCN(CCc2c(-c3cc(C)cc(C)c3)[nH]c3sc(C(C)(C)C(=O)N4C5CCC4CC5)cc23)CC1. The van der Waals surface area contributed by atoms with E-state index in [1.807, 2.05) is 6.92 Å². The molecule has 41 heavy (non-hydrogen) atoms. The van der Waals surface area contributed by atoms with E-state index in [0.29, 0.717) is 24.6 Å². The van der Waals surface area contributed by atoms with Crippen LogP contribution in [-0.4, -0.2) is 65.0 Å². The summed E-state index contributed by atoms with van der Waals surface area (Å²) in [7, 11) is 0. The molecule has 0 saturated carbocycles. The molecule has 6 rings (SSSR count). The van der Waals surface area contributed by atoms with Crippen LogP contribution < -0.4 is 0 Å². The second kappa shape index (κ2) is 11.2. The molecule has 0 aliphatic carbocycles. The van der Waals surface area contributed by atoms with Gasteiger partial charge in [0, 0.05) is 28.9 Å². The first-order valence-electron chi connectivity index (χ1n) is 15.6. The molecule has 1 amide bonds. The van der Waals surface area contributed by atoms with Gasteiger partial charge < -0.3 is 19.5 Å². The molecule has 1 aromatic carbocycles. The molecule has 2 bridgehead atoms. The Morgan fingerprint density at radius 2 is 1.61 bits per heavy atom. The van der Waals surface area contributed by atoms with E-state index in [1.54, 1.807) is 11.3 Å². The fourth-order valence-electron chi connectivity index (χ4n) is 7.56. The van der Waals surface area contributed by atoms with Crippen molar-refractivity contribution in [3.8, 4) is 11.3 Å². The summed E-state index contributed by atoms with van der Waals surface area (Å²) in [5.74, 6) is 0.287. The predicted octanol–water partition coefficient (Wildman–Crippen LogP) is 6.76. The number of esters is 1. The van der Waals surface area contributed by atoms with Gasteiger partial charge in [-0.15, -0.1) is 11.3 Å². The van der Waals surface area contributed by atoms with Crippen LogP contribution in [0.15, 0.2) is 24.3 Å². The van der Waals surface area contributed by atoms with Crippen LogP contribution in [0.5, 0.6) is 0 Å². The molecule has 0 spiro atoms. The molecule has 0 radical (unpaired) electrons. The lowest BCUT2D eigenvalue weighted by molar-refractivity contribution is -0.149. The van der Waals surface area contributed by atoms with Crippen molar-refractivity contribution in [2.75, 3.05) is 26.2 Å². The lowest BCUT2D eigenvalue weighted by Crippen LogP contribution is -2.45. The molecule has 3 aliphatic heterocycles. The number of aromatic amines is 1. The number of carbonyl (C=O) groups is 2. The highest BCUT2D eigenvalue weighted by Crippen LogP contribution is 2.44. The second-order valence-corrected chi connectivity index (χ2v) is 14.2. The molecule has 3 saturated heterocycles. The van der Waals surface area contributed by atoms with Crippen LogP contribution in [0, 0.1) is 19.8 Å². The number of aryl methyl sites for hydroxylation is 2. The Labute approximate surface area is 248 Å². The van der Waals surface area contributed by atoms with Gasteiger partial charge >= 0.3 is 5.97 Å². The van der Waals surface area contributed by atoms with Crippen molar-refractivity contribution in [2.24, 2.45) is 5.92 Å². The molecule has 0 unspecified atom stereocenters. The predicted molar refractivity (Wildman–Crippen MR) is 167 cm³/mol. The molecule has 0 atom stereocenters. The molecule has 3 aromatic rings. The monoisotopic (exact) mass is 575 g/mol. The minimum Gasteiger partial charge on any atom is -0.466 e. The highest BCUT2D eigenvalue weighted by Gasteiger charge is 2.47. The fourth-order valence-corrected chi connectivity index (χ4v) is 8.74. The van der Waals surface area contributed by atoms with Crippen LogP contribution in [0.3, 0.4) is 0 Å². The highest BCUT2D eigenvalue weighted by molar-refractivity contribution is 7.19. The number of fused-ring (bicyclic) bond motifs is 3. The smallest absolute Gasteiger partial charge is 0.309 e. The number of nitrogens with zero attached hydrogens (tertiary/aromatic N) is 2. The van der Waals surface area contributed by atoms with Crippen molar-refractivity contribution in [1.82, 2.24) is 14.8 Å². The van der Waals surface area contributed by atoms with Gasteiger partial charge in [-0.05, 0) is 122 Å². The molecule has 3 aliphatic rings. The summed E-state index contributed by atoms with van der Waals surface area (Å²) in [6, 6.07) is 9.95. The number of ether oxygens (including phenoxy) is 1. The van der Waals surface area contributed by atoms with Crippen molar-refractivity contribution < 1.29 is 14.3 Å². The number of H-pyrrole nitrogens is 1. The Morgan fingerprint density at radius 1 is 0.976 bits per heavy atom. The molecule has 2 aromatic heterocycles. The number of likely N-dealkylation sites (tertiary alicyclic amines) is 1. The van der Waals surface area contributed by atoms with Gasteiger partial charge in [-0.25, -0.2) is 0 Å². The van der Waals surface area contributed by atoms with Crippen LogP contribution >= 0.6 is 11.3 Å². The zero-order chi connectivity index (χ0) is 28.9. The van der Waals surface area contributed by atoms with Crippen LogP contribution in [0.1, 0.15) is 80.9 Å². The van der Waals surface area contributed by atoms with Crippen LogP contribution in [-0.2, 0) is 26.2 Å². The Morgan fingerprint density at radius 3 is 2.22 bits per heavy atom. The average molecular weight is 576 g/mol. The van der Waals surface area contributed by atoms with Gasteiger partial charge in [-0.3, -0.25) is 9.59 Å². The summed E-state index contributed by atoms with van der Waals surface area (Å²) >= 11 is 1.75. The average Bonchev–Trinajstić information content (AvgIpc) is 3.72. The van der Waals surface area contributed by atoms with Crippen molar-refractivity contribution in [1.29, 1.82) is 0 Å². The van der Waals surface area contributed by atoms with Gasteiger partial charge in [-0.1, -0.05) is 17.2 Å². The summed E-state index contributed by atoms with van der Waals surface area (Å²) in [6.45, 7) is 13.7. The molecule has 7 heteroatoms. The standard InChI is InChI=1S/C34H45N3O3S/c1-6-40-32(38)23-11-14-36(15-12-23)16-13-27-28-20-29(34(4,5)33(39)37-25-7-8-26(37)10-9-25)41-31(28)35-30(27)24-18-21(2)17-22(3)19-24/h17-20,23,25-26,35H,6-16H2,1-5H3. The number of aromatic nitrogens is 1. The van der Waals surface area contributed by atoms with E-state index in [-0.39, 0.29) is 11.9 Å². The number of piperidine rings is 1. The van der Waals surface area contributed by atoms with Crippen molar-refractivity contribution in [2.45, 2.75) is 97.1 Å². The normalized spacial score (nSPS) is 21.7. The molecule has 1 N–H and O–H groups in total. The Kier molecular flexibility index (Phi) is 7.79. The molecular weight excluding hydrogens is 530 g/mol. The van der Waals surface area contributed by atoms with Gasteiger partial charge in [-0.2, -0.15) is 0 Å². The summed E-state index contributed by atoms with van der Waals surface area (Å²) in [6.07, 6.45) is 7.31. The van der Waals surface area contributed by atoms with Crippen LogP contribution in [0.25, 0.3) is 21.5 Å². The lowest BCUT2D eigenvalue weighted by atomic mass is 9.88. The minimum atomic E-state index is -0.540. The van der Waals surface area contributed by atoms with Crippen LogP contribution in [0.4, 0.5) is 0 Å². The molecular formula is C34H45N3O3S. The van der Waals surface area contributed by atoms with Gasteiger partial charge in [0.15, 0.2) is 0 Å². The Bertz CT molecular complexity index is 1400. The highest BCUT2D eigenvalue weighted by atomic mass is 32.1. The van der Waals surface area contributed by atoms with Crippen LogP contribution in [0.2, 0.25) is 0 Å². The third-order valence-corrected chi connectivity index (χ3v) is 11.2. The van der Waals surface area contributed by atoms with Crippen molar-refractivity contribution in [3.05, 3.63) is 45.8 Å². The molecule has 6 nitrogen and oxygen atoms in total. The minimum absolute atomic E-state index is 0.0287. The summed E-state index contributed by atoms with van der Waals surface area (Å²) in [5.41, 5.74) is 5.75. The first-order chi connectivity index (χ1) is 19.7. The number of hydrogen-bond donors (Lipinski definition) is 1. The van der Waals surface area contributed by atoms with Gasteiger partial charge in [0.2, 0.25) is 5.91 Å². The molecule has 220 valence electrons. The number of carbonyl (C=O) groups excluding carboxylic acids is 2. The third kappa shape index (κ3) is 5.36. The van der Waals surface area contributed by atoms with E-state index in [4.69, 9.17) is 4.74 Å². The van der Waals surface area contributed by atoms with E-state index in [1.165, 1.54) is 33.3 Å². The van der Waals surface area contributed by atoms with E-state index in [2.05, 4.69) is 66.7 Å². The van der Waals surface area contributed by atoms with Crippen molar-refractivity contribution in [3.63, 3.8) is 0 Å². The summed E-state index contributed by atoms with van der Waals surface area (Å²) in [4.78, 5) is 37.0. The molecule has 3 fully saturated rings. The Balaban J connectivity index is 1.28. The summed E-state index contributed by atoms with van der Waals surface area (Å²) < 4.78 is 5.27. The maximum absolute atomic E-state index is 13.9. The largest absolute Gasteiger partial charge is 0.466 e. The van der Waals surface area contributed by atoms with Gasteiger partial charge in [0.05, 0.1) is 23.6 Å². The van der Waals surface area contributed by atoms with E-state index in [0.717, 1.165) is 74.3 Å².